The van der Waals surface area contributed by atoms with Crippen molar-refractivity contribution >= 4 is 11.0 Å². The van der Waals surface area contributed by atoms with E-state index in [0.29, 0.717) is 0 Å². The van der Waals surface area contributed by atoms with Crippen LogP contribution in [-0.2, 0) is 0 Å². The zero-order chi connectivity index (χ0) is 12.4. The van der Waals surface area contributed by atoms with Crippen molar-refractivity contribution < 1.29 is 4.42 Å². The smallest absolute Gasteiger partial charge is 0.134 e. The second kappa shape index (κ2) is 4.67. The summed E-state index contributed by atoms with van der Waals surface area (Å²) in [6.07, 6.45) is 1.85. The predicted octanol–water partition coefficient (Wildman–Crippen LogP) is 3.74. The van der Waals surface area contributed by atoms with Crippen molar-refractivity contribution in [1.82, 2.24) is 5.32 Å². The molecule has 0 saturated carbocycles. The third-order valence-electron chi connectivity index (χ3n) is 3.24. The van der Waals surface area contributed by atoms with Crippen LogP contribution in [0.5, 0.6) is 0 Å². The molecule has 1 atom stereocenters. The number of rotatable bonds is 3. The van der Waals surface area contributed by atoms with Gasteiger partial charge in [0.1, 0.15) is 5.58 Å². The quantitative estimate of drug-likeness (QED) is 0.750. The zero-order valence-corrected chi connectivity index (χ0v) is 10.3. The summed E-state index contributed by atoms with van der Waals surface area (Å²) >= 11 is 0. The van der Waals surface area contributed by atoms with Crippen molar-refractivity contribution in [3.63, 3.8) is 0 Å². The summed E-state index contributed by atoms with van der Waals surface area (Å²) in [4.78, 5) is 0. The highest BCUT2D eigenvalue weighted by atomic mass is 16.3. The Labute approximate surface area is 106 Å². The average molecular weight is 237 g/mol. The molecule has 0 fully saturated rings. The molecule has 0 saturated heterocycles. The lowest BCUT2D eigenvalue weighted by Crippen LogP contribution is -2.17. The van der Waals surface area contributed by atoms with Gasteiger partial charge in [-0.2, -0.15) is 0 Å². The van der Waals surface area contributed by atoms with Crippen LogP contribution in [0.3, 0.4) is 0 Å². The highest BCUT2D eigenvalue weighted by Gasteiger charge is 2.16. The Morgan fingerprint density at radius 2 is 1.67 bits per heavy atom. The largest absolute Gasteiger partial charge is 0.464 e. The standard InChI is InChI=1S/C16H15NO/c1-17-16(12-7-3-2-4-8-12)14-11-18-15-10-6-5-9-13(14)15/h2-11,16-17H,1H3. The van der Waals surface area contributed by atoms with Crippen LogP contribution in [0.15, 0.2) is 65.3 Å². The molecule has 0 bridgehead atoms. The maximum atomic E-state index is 5.61. The number of fused-ring (bicyclic) bond motifs is 1. The van der Waals surface area contributed by atoms with E-state index in [9.17, 15) is 0 Å². The van der Waals surface area contributed by atoms with E-state index in [1.54, 1.807) is 0 Å². The van der Waals surface area contributed by atoms with Crippen molar-refractivity contribution in [2.24, 2.45) is 0 Å². The van der Waals surface area contributed by atoms with E-state index < -0.39 is 0 Å². The molecule has 3 rings (SSSR count). The number of hydrogen-bond donors (Lipinski definition) is 1. The lowest BCUT2D eigenvalue weighted by Gasteiger charge is -2.15. The number of nitrogens with one attached hydrogen (secondary N) is 1. The topological polar surface area (TPSA) is 25.2 Å². The zero-order valence-electron chi connectivity index (χ0n) is 10.3. The van der Waals surface area contributed by atoms with Gasteiger partial charge >= 0.3 is 0 Å². The second-order valence-corrected chi connectivity index (χ2v) is 4.32. The van der Waals surface area contributed by atoms with Crippen molar-refractivity contribution in [2.75, 3.05) is 7.05 Å². The van der Waals surface area contributed by atoms with Crippen LogP contribution < -0.4 is 5.32 Å². The molecule has 18 heavy (non-hydrogen) atoms. The van der Waals surface area contributed by atoms with Crippen molar-refractivity contribution in [1.29, 1.82) is 0 Å². The minimum Gasteiger partial charge on any atom is -0.464 e. The molecule has 0 spiro atoms. The molecule has 2 nitrogen and oxygen atoms in total. The van der Waals surface area contributed by atoms with E-state index in [1.807, 2.05) is 37.6 Å². The summed E-state index contributed by atoms with van der Waals surface area (Å²) in [6.45, 7) is 0. The van der Waals surface area contributed by atoms with Gasteiger partial charge in [-0.05, 0) is 18.7 Å². The van der Waals surface area contributed by atoms with E-state index in [-0.39, 0.29) is 6.04 Å². The molecule has 0 radical (unpaired) electrons. The second-order valence-electron chi connectivity index (χ2n) is 4.32. The van der Waals surface area contributed by atoms with E-state index in [1.165, 1.54) is 16.5 Å². The number of furan rings is 1. The van der Waals surface area contributed by atoms with Gasteiger partial charge < -0.3 is 9.73 Å². The Hall–Kier alpha value is -2.06. The molecule has 2 aromatic carbocycles. The molecule has 1 unspecified atom stereocenters. The molecule has 0 aliphatic heterocycles. The maximum absolute atomic E-state index is 5.61. The Kier molecular flexibility index (Phi) is 2.87. The normalized spacial score (nSPS) is 12.7. The van der Waals surface area contributed by atoms with Gasteiger partial charge in [0.25, 0.3) is 0 Å². The van der Waals surface area contributed by atoms with Crippen LogP contribution in [0.2, 0.25) is 0 Å². The maximum Gasteiger partial charge on any atom is 0.134 e. The van der Waals surface area contributed by atoms with Crippen molar-refractivity contribution in [2.45, 2.75) is 6.04 Å². The fourth-order valence-electron chi connectivity index (χ4n) is 2.37. The average Bonchev–Trinajstić information content (AvgIpc) is 2.85. The minimum absolute atomic E-state index is 0.162. The molecule has 90 valence electrons. The third-order valence-corrected chi connectivity index (χ3v) is 3.24. The first-order valence-electron chi connectivity index (χ1n) is 6.08. The molecule has 3 aromatic rings. The van der Waals surface area contributed by atoms with Gasteiger partial charge in [-0.25, -0.2) is 0 Å². The van der Waals surface area contributed by atoms with Crippen LogP contribution in [0.1, 0.15) is 17.2 Å². The van der Waals surface area contributed by atoms with Gasteiger partial charge in [0.15, 0.2) is 0 Å². The van der Waals surface area contributed by atoms with Crippen LogP contribution in [0, 0.1) is 0 Å². The Morgan fingerprint density at radius 1 is 0.944 bits per heavy atom. The van der Waals surface area contributed by atoms with Crippen LogP contribution in [0.4, 0.5) is 0 Å². The Morgan fingerprint density at radius 3 is 2.44 bits per heavy atom. The molecular formula is C16H15NO. The minimum atomic E-state index is 0.162. The molecule has 0 aliphatic rings. The molecule has 2 heteroatoms. The molecule has 1 aromatic heterocycles. The van der Waals surface area contributed by atoms with Gasteiger partial charge in [0, 0.05) is 10.9 Å². The first-order valence-corrected chi connectivity index (χ1v) is 6.08. The first-order chi connectivity index (χ1) is 8.90. The van der Waals surface area contributed by atoms with E-state index in [2.05, 4.69) is 35.6 Å². The predicted molar refractivity (Wildman–Crippen MR) is 73.6 cm³/mol. The van der Waals surface area contributed by atoms with E-state index >= 15 is 0 Å². The van der Waals surface area contributed by atoms with Crippen LogP contribution >= 0.6 is 0 Å². The highest BCUT2D eigenvalue weighted by Crippen LogP contribution is 2.30. The molecule has 0 amide bonds. The van der Waals surface area contributed by atoms with E-state index in [0.717, 1.165) is 5.58 Å². The van der Waals surface area contributed by atoms with Gasteiger partial charge in [0.05, 0.1) is 12.3 Å². The van der Waals surface area contributed by atoms with Gasteiger partial charge in [-0.1, -0.05) is 48.5 Å². The molecule has 1 N–H and O–H groups in total. The lowest BCUT2D eigenvalue weighted by atomic mass is 9.98. The summed E-state index contributed by atoms with van der Waals surface area (Å²) in [5.41, 5.74) is 3.36. The monoisotopic (exact) mass is 237 g/mol. The summed E-state index contributed by atoms with van der Waals surface area (Å²) in [7, 11) is 1.97. The Bertz CT molecular complexity index is 642. The highest BCUT2D eigenvalue weighted by molar-refractivity contribution is 5.81. The Balaban J connectivity index is 2.12. The fourth-order valence-corrected chi connectivity index (χ4v) is 2.37. The van der Waals surface area contributed by atoms with Gasteiger partial charge in [0.2, 0.25) is 0 Å². The molecule has 1 heterocycles. The fraction of sp³-hybridized carbons (Fsp3) is 0.125. The summed E-state index contributed by atoms with van der Waals surface area (Å²) in [6, 6.07) is 18.7. The SMILES string of the molecule is CNC(c1ccccc1)c1coc2ccccc12. The summed E-state index contributed by atoms with van der Waals surface area (Å²) in [5.74, 6) is 0. The van der Waals surface area contributed by atoms with Gasteiger partial charge in [-0.15, -0.1) is 0 Å². The number of benzene rings is 2. The first kappa shape index (κ1) is 11.1. The molecular weight excluding hydrogens is 222 g/mol. The van der Waals surface area contributed by atoms with Crippen molar-refractivity contribution in [3.8, 4) is 0 Å². The number of hydrogen-bond acceptors (Lipinski definition) is 2. The van der Waals surface area contributed by atoms with Crippen LogP contribution in [0.25, 0.3) is 11.0 Å². The summed E-state index contributed by atoms with van der Waals surface area (Å²) in [5, 5.41) is 4.52. The summed E-state index contributed by atoms with van der Waals surface area (Å²) < 4.78 is 5.61. The lowest BCUT2D eigenvalue weighted by molar-refractivity contribution is 0.597. The molecule has 0 aliphatic carbocycles. The van der Waals surface area contributed by atoms with E-state index in [4.69, 9.17) is 4.42 Å². The van der Waals surface area contributed by atoms with Gasteiger partial charge in [-0.3, -0.25) is 0 Å². The number of para-hydroxylation sites is 1. The third kappa shape index (κ3) is 1.81. The van der Waals surface area contributed by atoms with Crippen molar-refractivity contribution in [3.05, 3.63) is 72.0 Å². The van der Waals surface area contributed by atoms with Crippen LogP contribution in [-0.4, -0.2) is 7.05 Å².